The average Bonchev–Trinajstić information content (AvgIpc) is 3.62. The van der Waals surface area contributed by atoms with Crippen LogP contribution in [0.25, 0.3) is 0 Å². The summed E-state index contributed by atoms with van der Waals surface area (Å²) in [7, 11) is 3.16. The molecule has 3 aliphatic rings. The normalized spacial score (nSPS) is 20.3. The number of carbonyl (C=O) groups is 2. The van der Waals surface area contributed by atoms with E-state index in [1.54, 1.807) is 47.3 Å². The lowest BCUT2D eigenvalue weighted by Crippen LogP contribution is -2.47. The van der Waals surface area contributed by atoms with Crippen LogP contribution >= 0.6 is 0 Å². The summed E-state index contributed by atoms with van der Waals surface area (Å²) in [6.07, 6.45) is 9.06. The Morgan fingerprint density at radius 2 is 1.58 bits per heavy atom. The number of nitrogens with zero attached hydrogens (tertiary/aromatic N) is 4. The van der Waals surface area contributed by atoms with Crippen LogP contribution in [0.2, 0.25) is 0 Å². The van der Waals surface area contributed by atoms with Crippen molar-refractivity contribution >= 4 is 29.9 Å². The zero-order valence-electron chi connectivity index (χ0n) is 28.7. The van der Waals surface area contributed by atoms with Crippen LogP contribution in [0.1, 0.15) is 68.8 Å². The first-order valence-corrected chi connectivity index (χ1v) is 16.3. The molecule has 3 heterocycles. The fourth-order valence-electron chi connectivity index (χ4n) is 6.40. The number of unbranched alkanes of at least 4 members (excludes halogenated alkanes) is 2. The highest BCUT2D eigenvalue weighted by molar-refractivity contribution is 6.03. The lowest BCUT2D eigenvalue weighted by molar-refractivity contribution is -0.116. The van der Waals surface area contributed by atoms with Crippen LogP contribution in [0.15, 0.2) is 65.1 Å². The molecule has 1 N–H and O–H groups in total. The van der Waals surface area contributed by atoms with Crippen LogP contribution in [0.3, 0.4) is 0 Å². The van der Waals surface area contributed by atoms with Crippen LogP contribution in [0, 0.1) is 6.92 Å². The lowest BCUT2D eigenvalue weighted by Gasteiger charge is -2.34. The van der Waals surface area contributed by atoms with Gasteiger partial charge in [0.25, 0.3) is 5.91 Å². The first kappa shape index (κ1) is 34.6. The molecule has 2 amide bonds. The van der Waals surface area contributed by atoms with E-state index < -0.39 is 12.3 Å². The third-order valence-corrected chi connectivity index (χ3v) is 8.85. The van der Waals surface area contributed by atoms with Crippen molar-refractivity contribution in [3.05, 3.63) is 71.2 Å². The molecule has 48 heavy (non-hydrogen) atoms. The fraction of sp³-hybridized carbons (Fsp3) is 0.432. The highest BCUT2D eigenvalue weighted by Crippen LogP contribution is 2.43. The van der Waals surface area contributed by atoms with Gasteiger partial charge in [-0.15, -0.1) is 0 Å². The number of fused-ring (bicyclic) bond motifs is 2. The minimum atomic E-state index is -0.959. The van der Waals surface area contributed by atoms with E-state index in [1.165, 1.54) is 0 Å². The van der Waals surface area contributed by atoms with Crippen molar-refractivity contribution < 1.29 is 33.6 Å². The number of amides is 2. The monoisotopic (exact) mass is 658 g/mol. The molecular weight excluding hydrogens is 612 g/mol. The van der Waals surface area contributed by atoms with Crippen molar-refractivity contribution in [1.29, 1.82) is 0 Å². The molecule has 256 valence electrons. The third-order valence-electron chi connectivity index (χ3n) is 8.85. The molecule has 0 saturated heterocycles. The van der Waals surface area contributed by atoms with Gasteiger partial charge in [0, 0.05) is 36.4 Å². The fourth-order valence-corrected chi connectivity index (χ4v) is 6.40. The van der Waals surface area contributed by atoms with Gasteiger partial charge in [-0.1, -0.05) is 17.7 Å². The first-order valence-electron chi connectivity index (χ1n) is 16.3. The summed E-state index contributed by atoms with van der Waals surface area (Å²) in [5.41, 5.74) is 5.44. The van der Waals surface area contributed by atoms with Gasteiger partial charge < -0.3 is 38.8 Å². The number of benzene rings is 2. The van der Waals surface area contributed by atoms with Crippen LogP contribution in [0.5, 0.6) is 23.0 Å². The van der Waals surface area contributed by atoms with E-state index in [-0.39, 0.29) is 11.9 Å². The molecule has 0 saturated carbocycles. The highest BCUT2D eigenvalue weighted by atomic mass is 16.5. The molecule has 3 atom stereocenters. The second-order valence-electron chi connectivity index (χ2n) is 12.6. The van der Waals surface area contributed by atoms with Gasteiger partial charge in [-0.05, 0) is 77.5 Å². The Bertz CT molecular complexity index is 1650. The molecule has 0 bridgehead atoms. The standard InChI is InChI=1S/C37H46N4O7/c1-23(2)41-30-18-35(33(46-7)16-28(30)36(43)40-21-25(4)14-31(40)37(41)44)48-12-10-8-9-11-47-34-17-29(26(5)15-32(34)45-6)38-19-27-13-24(3)20-39(27)22-42/h15-22,27,31,37,44H,1,8-14H2,2-7H3. The Morgan fingerprint density at radius 3 is 2.23 bits per heavy atom. The Labute approximate surface area is 282 Å². The lowest BCUT2D eigenvalue weighted by atomic mass is 10.1. The molecule has 0 aliphatic carbocycles. The predicted molar refractivity (Wildman–Crippen MR) is 185 cm³/mol. The Balaban J connectivity index is 1.18. The maximum atomic E-state index is 13.6. The summed E-state index contributed by atoms with van der Waals surface area (Å²) >= 11 is 0. The van der Waals surface area contributed by atoms with E-state index in [2.05, 4.69) is 11.6 Å². The number of anilines is 1. The summed E-state index contributed by atoms with van der Waals surface area (Å²) in [6, 6.07) is 6.71. The number of hydrogen-bond acceptors (Lipinski definition) is 9. The molecule has 0 aromatic heterocycles. The Hall–Kier alpha value is -4.77. The number of methoxy groups -OCH3 is 2. The molecule has 0 fully saturated rings. The van der Waals surface area contributed by atoms with E-state index in [9.17, 15) is 14.7 Å². The number of aliphatic hydroxyl groups is 1. The number of rotatable bonds is 14. The van der Waals surface area contributed by atoms with E-state index in [0.717, 1.165) is 54.5 Å². The van der Waals surface area contributed by atoms with Crippen LogP contribution in [0.4, 0.5) is 11.4 Å². The van der Waals surface area contributed by atoms with Crippen molar-refractivity contribution in [3.8, 4) is 23.0 Å². The van der Waals surface area contributed by atoms with Gasteiger partial charge in [-0.2, -0.15) is 0 Å². The van der Waals surface area contributed by atoms with E-state index >= 15 is 0 Å². The van der Waals surface area contributed by atoms with Crippen molar-refractivity contribution in [2.24, 2.45) is 4.99 Å². The first-order chi connectivity index (χ1) is 23.1. The van der Waals surface area contributed by atoms with Crippen molar-refractivity contribution in [2.75, 3.05) is 32.3 Å². The summed E-state index contributed by atoms with van der Waals surface area (Å²) < 4.78 is 23.5. The minimum Gasteiger partial charge on any atom is -0.493 e. The van der Waals surface area contributed by atoms with Gasteiger partial charge in [0.2, 0.25) is 6.41 Å². The van der Waals surface area contributed by atoms with Gasteiger partial charge in [-0.25, -0.2) is 0 Å². The second kappa shape index (κ2) is 15.0. The van der Waals surface area contributed by atoms with E-state index in [1.807, 2.05) is 52.2 Å². The summed E-state index contributed by atoms with van der Waals surface area (Å²) in [4.78, 5) is 34.6. The number of ether oxygens (including phenoxy) is 4. The Kier molecular flexibility index (Phi) is 10.8. The molecule has 11 heteroatoms. The van der Waals surface area contributed by atoms with Crippen molar-refractivity contribution in [1.82, 2.24) is 9.80 Å². The molecule has 0 spiro atoms. The van der Waals surface area contributed by atoms with Gasteiger partial charge >= 0.3 is 0 Å². The van der Waals surface area contributed by atoms with Gasteiger partial charge in [0.1, 0.15) is 0 Å². The Morgan fingerprint density at radius 1 is 0.938 bits per heavy atom. The number of aryl methyl sites for hydroxylation is 1. The van der Waals surface area contributed by atoms with Crippen molar-refractivity contribution in [2.45, 2.75) is 78.1 Å². The third kappa shape index (κ3) is 7.21. The molecule has 3 unspecified atom stereocenters. The average molecular weight is 659 g/mol. The topological polar surface area (TPSA) is 113 Å². The second-order valence-corrected chi connectivity index (χ2v) is 12.6. The number of carbonyl (C=O) groups excluding carboxylic acids is 2. The summed E-state index contributed by atoms with van der Waals surface area (Å²) in [5.74, 6) is 1.98. The molecular formula is C37H46N4O7. The zero-order valence-corrected chi connectivity index (χ0v) is 28.7. The van der Waals surface area contributed by atoms with E-state index in [0.29, 0.717) is 59.6 Å². The predicted octanol–water partition coefficient (Wildman–Crippen LogP) is 6.27. The molecule has 11 nitrogen and oxygen atoms in total. The summed E-state index contributed by atoms with van der Waals surface area (Å²) in [5, 5.41) is 11.4. The minimum absolute atomic E-state index is 0.0973. The quantitative estimate of drug-likeness (QED) is 0.144. The zero-order chi connectivity index (χ0) is 34.5. The highest BCUT2D eigenvalue weighted by Gasteiger charge is 2.42. The van der Waals surface area contributed by atoms with Crippen LogP contribution in [-0.2, 0) is 4.79 Å². The molecule has 2 aromatic rings. The van der Waals surface area contributed by atoms with E-state index in [4.69, 9.17) is 18.9 Å². The number of hydrogen-bond donors (Lipinski definition) is 1. The van der Waals surface area contributed by atoms with Crippen LogP contribution < -0.4 is 23.8 Å². The number of allylic oxidation sites excluding steroid dienone is 1. The van der Waals surface area contributed by atoms with Crippen LogP contribution in [-0.4, -0.2) is 79.2 Å². The largest absolute Gasteiger partial charge is 0.493 e. The smallest absolute Gasteiger partial charge is 0.260 e. The number of aliphatic imine (C=N–C) groups is 1. The number of aliphatic hydroxyl groups excluding tert-OH is 1. The van der Waals surface area contributed by atoms with Gasteiger partial charge in [-0.3, -0.25) is 14.6 Å². The maximum absolute atomic E-state index is 13.6. The molecule has 0 radical (unpaired) electrons. The van der Waals surface area contributed by atoms with Gasteiger partial charge in [0.15, 0.2) is 29.2 Å². The van der Waals surface area contributed by atoms with Gasteiger partial charge in [0.05, 0.1) is 56.5 Å². The SMILES string of the molecule is C=C(C)N1c2cc(OCCCCCOc3cc(N=CC4CC(C)=CN4C=O)c(C)cc3OC)c(OC)cc2C(=O)N2C=C(C)CC2C1O. The molecule has 3 aliphatic heterocycles. The summed E-state index contributed by atoms with van der Waals surface area (Å²) in [6.45, 7) is 12.7. The molecule has 2 aromatic carbocycles. The maximum Gasteiger partial charge on any atom is 0.260 e. The molecule has 5 rings (SSSR count). The van der Waals surface area contributed by atoms with Crippen molar-refractivity contribution in [3.63, 3.8) is 0 Å².